The third-order valence-corrected chi connectivity index (χ3v) is 4.13. The van der Waals surface area contributed by atoms with Crippen LogP contribution in [0.1, 0.15) is 22.4 Å². The van der Waals surface area contributed by atoms with Gasteiger partial charge in [-0.2, -0.15) is 0 Å². The van der Waals surface area contributed by atoms with Gasteiger partial charge in [0, 0.05) is 18.5 Å². The summed E-state index contributed by atoms with van der Waals surface area (Å²) in [5, 5.41) is 8.00. The van der Waals surface area contributed by atoms with Crippen molar-refractivity contribution in [3.8, 4) is 5.69 Å². The summed E-state index contributed by atoms with van der Waals surface area (Å²) in [6, 6.07) is 7.13. The van der Waals surface area contributed by atoms with Crippen molar-refractivity contribution in [2.45, 2.75) is 20.0 Å². The van der Waals surface area contributed by atoms with Gasteiger partial charge in [-0.3, -0.25) is 4.79 Å². The highest BCUT2D eigenvalue weighted by Crippen LogP contribution is 2.23. The lowest BCUT2D eigenvalue weighted by molar-refractivity contribution is -0.123. The van der Waals surface area contributed by atoms with E-state index >= 15 is 0 Å². The Hall–Kier alpha value is -2.87. The number of aromatic nitrogens is 2. The van der Waals surface area contributed by atoms with E-state index in [-0.39, 0.29) is 5.82 Å². The van der Waals surface area contributed by atoms with Crippen LogP contribution < -0.4 is 5.32 Å². The Morgan fingerprint density at radius 3 is 2.79 bits per heavy atom. The summed E-state index contributed by atoms with van der Waals surface area (Å²) in [7, 11) is 0. The third-order valence-electron chi connectivity index (χ3n) is 3.24. The Morgan fingerprint density at radius 2 is 2.12 bits per heavy atom. The van der Waals surface area contributed by atoms with Crippen molar-refractivity contribution in [2.24, 2.45) is 0 Å². The van der Waals surface area contributed by atoms with E-state index in [1.807, 2.05) is 35.2 Å². The monoisotopic (exact) mass is 345 g/mol. The first-order valence-corrected chi connectivity index (χ1v) is 8.08. The maximum absolute atomic E-state index is 12.4. The van der Waals surface area contributed by atoms with Gasteiger partial charge in [-0.15, -0.1) is 11.3 Å². The second-order valence-electron chi connectivity index (χ2n) is 5.08. The molecular weight excluding hydrogens is 330 g/mol. The van der Waals surface area contributed by atoms with Crippen molar-refractivity contribution in [3.63, 3.8) is 0 Å². The van der Waals surface area contributed by atoms with Gasteiger partial charge >= 0.3 is 5.97 Å². The molecule has 0 spiro atoms. The van der Waals surface area contributed by atoms with E-state index in [0.717, 1.165) is 5.69 Å². The first kappa shape index (κ1) is 16.0. The van der Waals surface area contributed by atoms with Gasteiger partial charge in [0.25, 0.3) is 5.91 Å². The molecule has 0 saturated heterocycles. The van der Waals surface area contributed by atoms with Crippen molar-refractivity contribution in [2.75, 3.05) is 5.32 Å². The summed E-state index contributed by atoms with van der Waals surface area (Å²) in [6.45, 7) is 3.22. The standard InChI is InChI=1S/C16H15N3O4S/c1-10-9-13(18-23-10)17-15(20)11(2)22-16(21)14-12(5-8-24-14)19-6-3-4-7-19/h3-9,11H,1-2H3,(H,17,18,20)/t11-/m0/s1. The van der Waals surface area contributed by atoms with Crippen LogP contribution in [0.2, 0.25) is 0 Å². The van der Waals surface area contributed by atoms with E-state index in [9.17, 15) is 9.59 Å². The van der Waals surface area contributed by atoms with Crippen LogP contribution in [0.5, 0.6) is 0 Å². The van der Waals surface area contributed by atoms with Gasteiger partial charge in [0.05, 0.1) is 5.69 Å². The number of carbonyl (C=O) groups excluding carboxylic acids is 2. The van der Waals surface area contributed by atoms with Crippen molar-refractivity contribution >= 4 is 29.0 Å². The number of anilines is 1. The molecule has 3 rings (SSSR count). The van der Waals surface area contributed by atoms with Gasteiger partial charge in [-0.25, -0.2) is 4.79 Å². The average molecular weight is 345 g/mol. The summed E-state index contributed by atoms with van der Waals surface area (Å²) >= 11 is 1.26. The molecular formula is C16H15N3O4S. The van der Waals surface area contributed by atoms with Gasteiger partial charge in [-0.05, 0) is 37.4 Å². The molecule has 24 heavy (non-hydrogen) atoms. The summed E-state index contributed by atoms with van der Waals surface area (Å²) in [6.07, 6.45) is 2.71. The van der Waals surface area contributed by atoms with Gasteiger partial charge in [0.1, 0.15) is 10.6 Å². The number of carbonyl (C=O) groups is 2. The maximum Gasteiger partial charge on any atom is 0.351 e. The van der Waals surface area contributed by atoms with Crippen LogP contribution in [0.3, 0.4) is 0 Å². The van der Waals surface area contributed by atoms with Crippen LogP contribution in [0.15, 0.2) is 46.6 Å². The predicted molar refractivity (Wildman–Crippen MR) is 88.4 cm³/mol. The zero-order valence-corrected chi connectivity index (χ0v) is 13.9. The fraction of sp³-hybridized carbons (Fsp3) is 0.188. The largest absolute Gasteiger partial charge is 0.448 e. The molecule has 124 valence electrons. The van der Waals surface area contributed by atoms with Crippen LogP contribution in [-0.2, 0) is 9.53 Å². The minimum absolute atomic E-state index is 0.282. The third kappa shape index (κ3) is 3.38. The Labute approximate surface area is 141 Å². The zero-order valence-electron chi connectivity index (χ0n) is 13.1. The van der Waals surface area contributed by atoms with Crippen LogP contribution in [0.25, 0.3) is 5.69 Å². The van der Waals surface area contributed by atoms with Crippen LogP contribution in [0.4, 0.5) is 5.82 Å². The molecule has 1 atom stereocenters. The number of hydrogen-bond acceptors (Lipinski definition) is 6. The Morgan fingerprint density at radius 1 is 1.38 bits per heavy atom. The second kappa shape index (κ2) is 6.71. The van der Waals surface area contributed by atoms with E-state index < -0.39 is 18.0 Å². The van der Waals surface area contributed by atoms with Crippen molar-refractivity contribution in [1.82, 2.24) is 9.72 Å². The number of amides is 1. The Kier molecular flexibility index (Phi) is 4.48. The number of ether oxygens (including phenoxy) is 1. The number of nitrogens with one attached hydrogen (secondary N) is 1. The van der Waals surface area contributed by atoms with E-state index in [4.69, 9.17) is 9.26 Å². The molecule has 8 heteroatoms. The van der Waals surface area contributed by atoms with Gasteiger partial charge in [-0.1, -0.05) is 5.16 Å². The van der Waals surface area contributed by atoms with Crippen LogP contribution in [-0.4, -0.2) is 27.7 Å². The molecule has 0 radical (unpaired) electrons. The molecule has 0 aliphatic heterocycles. The van der Waals surface area contributed by atoms with Crippen molar-refractivity contribution in [1.29, 1.82) is 0 Å². The summed E-state index contributed by atoms with van der Waals surface area (Å²) < 4.78 is 11.9. The lowest BCUT2D eigenvalue weighted by atomic mass is 10.3. The number of aryl methyl sites for hydroxylation is 1. The van der Waals surface area contributed by atoms with E-state index in [1.165, 1.54) is 18.3 Å². The molecule has 0 unspecified atom stereocenters. The molecule has 0 aromatic carbocycles. The highest BCUT2D eigenvalue weighted by atomic mass is 32.1. The Bertz CT molecular complexity index is 850. The summed E-state index contributed by atoms with van der Waals surface area (Å²) in [5.41, 5.74) is 0.717. The normalized spacial score (nSPS) is 11.9. The average Bonchev–Trinajstić information content (AvgIpc) is 3.27. The number of nitrogens with zero attached hydrogens (tertiary/aromatic N) is 2. The minimum Gasteiger partial charge on any atom is -0.448 e. The first-order valence-electron chi connectivity index (χ1n) is 7.20. The molecule has 3 aromatic heterocycles. The molecule has 0 aliphatic rings. The van der Waals surface area contributed by atoms with E-state index in [2.05, 4.69) is 10.5 Å². The number of esters is 1. The lowest BCUT2D eigenvalue weighted by Gasteiger charge is -2.12. The highest BCUT2D eigenvalue weighted by molar-refractivity contribution is 7.12. The van der Waals surface area contributed by atoms with Crippen LogP contribution in [0, 0.1) is 6.92 Å². The molecule has 0 aliphatic carbocycles. The SMILES string of the molecule is Cc1cc(NC(=O)[C@H](C)OC(=O)c2sccc2-n2cccc2)no1. The maximum atomic E-state index is 12.4. The second-order valence-corrected chi connectivity index (χ2v) is 6.00. The predicted octanol–water partition coefficient (Wildman–Crippen LogP) is 3.02. The smallest absolute Gasteiger partial charge is 0.351 e. The van der Waals surface area contributed by atoms with Gasteiger partial charge in [0.2, 0.25) is 0 Å². The molecule has 3 heterocycles. The van der Waals surface area contributed by atoms with E-state index in [0.29, 0.717) is 10.6 Å². The quantitative estimate of drug-likeness (QED) is 0.718. The molecule has 0 saturated carbocycles. The minimum atomic E-state index is -0.964. The molecule has 3 aromatic rings. The van der Waals surface area contributed by atoms with Crippen molar-refractivity contribution in [3.05, 3.63) is 52.7 Å². The number of thiophene rings is 1. The molecule has 0 bridgehead atoms. The molecule has 1 amide bonds. The zero-order chi connectivity index (χ0) is 17.1. The summed E-state index contributed by atoms with van der Waals surface area (Å²) in [4.78, 5) is 24.9. The van der Waals surface area contributed by atoms with E-state index in [1.54, 1.807) is 18.4 Å². The van der Waals surface area contributed by atoms with Crippen molar-refractivity contribution < 1.29 is 18.8 Å². The highest BCUT2D eigenvalue weighted by Gasteiger charge is 2.23. The van der Waals surface area contributed by atoms with Gasteiger partial charge < -0.3 is 19.1 Å². The topological polar surface area (TPSA) is 86.4 Å². The molecule has 7 nitrogen and oxygen atoms in total. The Balaban J connectivity index is 1.66. The number of rotatable bonds is 5. The molecule has 1 N–H and O–H groups in total. The lowest BCUT2D eigenvalue weighted by Crippen LogP contribution is -2.30. The number of hydrogen-bond donors (Lipinski definition) is 1. The van der Waals surface area contributed by atoms with Crippen LogP contribution >= 0.6 is 11.3 Å². The first-order chi connectivity index (χ1) is 11.5. The molecule has 0 fully saturated rings. The fourth-order valence-electron chi connectivity index (χ4n) is 2.07. The fourth-order valence-corrected chi connectivity index (χ4v) is 2.85. The van der Waals surface area contributed by atoms with Gasteiger partial charge in [0.15, 0.2) is 11.9 Å². The summed E-state index contributed by atoms with van der Waals surface area (Å²) in [5.74, 6) is -0.169.